The average Bonchev–Trinajstić information content (AvgIpc) is 3.36. The van der Waals surface area contributed by atoms with Gasteiger partial charge in [0.1, 0.15) is 0 Å². The standard InChI is InChI=1S/C36H48F3N5O5/c1-24(48-19-26-12-8-5-9-13-26)30(20-49-36(37,38)39)41-31(45)29-18-42(21-35(29)22-43(23-35)33(47)28-14-34(28,2)3)32(46)27-15-40-44(17-27)16-25-10-6-4-7-11-25/h4,6-7,10-11,15,17,24,26,28-30H,5,8-9,12-14,16,18-23H2,1-3H3,(H,41,45)/t24-,28-,29+,30-/m1/s1. The predicted molar refractivity (Wildman–Crippen MR) is 174 cm³/mol. The highest BCUT2D eigenvalue weighted by molar-refractivity contribution is 5.95. The van der Waals surface area contributed by atoms with Crippen molar-refractivity contribution in [1.29, 1.82) is 0 Å². The van der Waals surface area contributed by atoms with Crippen molar-refractivity contribution in [3.8, 4) is 0 Å². The highest BCUT2D eigenvalue weighted by Gasteiger charge is 2.62. The van der Waals surface area contributed by atoms with Crippen LogP contribution in [0.15, 0.2) is 42.7 Å². The van der Waals surface area contributed by atoms with E-state index in [1.54, 1.807) is 27.6 Å². The van der Waals surface area contributed by atoms with Gasteiger partial charge in [0, 0.05) is 50.3 Å². The van der Waals surface area contributed by atoms with E-state index in [2.05, 4.69) is 29.0 Å². The SMILES string of the molecule is C[C@@H](OCC1CCCCC1)[C@@H](COC(F)(F)F)NC(=O)[C@@H]1CN(C(=O)c2cnn(Cc3ccccc3)c2)CC12CN(C(=O)[C@H]1CC1(C)C)C2. The lowest BCUT2D eigenvalue weighted by molar-refractivity contribution is -0.327. The number of likely N-dealkylation sites (tertiary alicyclic amines) is 2. The Morgan fingerprint density at radius 1 is 1.02 bits per heavy atom. The van der Waals surface area contributed by atoms with Crippen LogP contribution in [0.5, 0.6) is 0 Å². The zero-order valence-electron chi connectivity index (χ0n) is 28.6. The van der Waals surface area contributed by atoms with E-state index < -0.39 is 42.4 Å². The number of hydrogen-bond acceptors (Lipinski definition) is 6. The summed E-state index contributed by atoms with van der Waals surface area (Å²) in [7, 11) is 0. The molecule has 268 valence electrons. The first-order valence-electron chi connectivity index (χ1n) is 17.5. The molecule has 2 aliphatic heterocycles. The molecule has 3 amide bonds. The Bertz CT molecular complexity index is 1490. The van der Waals surface area contributed by atoms with Crippen LogP contribution < -0.4 is 5.32 Å². The van der Waals surface area contributed by atoms with Gasteiger partial charge in [-0.25, -0.2) is 0 Å². The number of nitrogens with one attached hydrogen (secondary N) is 1. The maximum atomic E-state index is 14.1. The van der Waals surface area contributed by atoms with Gasteiger partial charge in [0.15, 0.2) is 0 Å². The molecule has 1 aromatic heterocycles. The summed E-state index contributed by atoms with van der Waals surface area (Å²) in [5.41, 5.74) is 0.616. The van der Waals surface area contributed by atoms with Crippen LogP contribution in [0.1, 0.15) is 75.2 Å². The lowest BCUT2D eigenvalue weighted by atomic mass is 9.70. The van der Waals surface area contributed by atoms with Crippen LogP contribution in [0.3, 0.4) is 0 Å². The maximum Gasteiger partial charge on any atom is 0.522 e. The first kappa shape index (κ1) is 35.4. The first-order chi connectivity index (χ1) is 23.2. The fraction of sp³-hybridized carbons (Fsp3) is 0.667. The minimum absolute atomic E-state index is 0.0444. The number of alkyl halides is 3. The number of carbonyl (C=O) groups is 3. The highest BCUT2D eigenvalue weighted by atomic mass is 19.4. The number of benzene rings is 1. The number of hydrogen-bond donors (Lipinski definition) is 1. The van der Waals surface area contributed by atoms with E-state index >= 15 is 0 Å². The third-order valence-electron chi connectivity index (χ3n) is 11.1. The minimum Gasteiger partial charge on any atom is -0.376 e. The normalized spacial score (nSPS) is 24.4. The molecule has 2 aromatic rings. The second kappa shape index (κ2) is 14.0. The van der Waals surface area contributed by atoms with Gasteiger partial charge in [0.2, 0.25) is 11.8 Å². The molecule has 4 atom stereocenters. The Kier molecular flexibility index (Phi) is 10.1. The van der Waals surface area contributed by atoms with E-state index in [9.17, 15) is 27.6 Å². The van der Waals surface area contributed by atoms with E-state index in [4.69, 9.17) is 4.74 Å². The molecule has 2 saturated carbocycles. The van der Waals surface area contributed by atoms with E-state index in [1.165, 1.54) is 12.6 Å². The lowest BCUT2D eigenvalue weighted by Crippen LogP contribution is -2.65. The molecule has 1 N–H and O–H groups in total. The van der Waals surface area contributed by atoms with E-state index in [1.807, 2.05) is 30.3 Å². The Labute approximate surface area is 285 Å². The van der Waals surface area contributed by atoms with Gasteiger partial charge in [-0.1, -0.05) is 63.4 Å². The van der Waals surface area contributed by atoms with Crippen LogP contribution in [0.4, 0.5) is 13.2 Å². The predicted octanol–water partition coefficient (Wildman–Crippen LogP) is 4.88. The molecule has 4 aliphatic rings. The van der Waals surface area contributed by atoms with Crippen molar-refractivity contribution in [1.82, 2.24) is 24.9 Å². The lowest BCUT2D eigenvalue weighted by Gasteiger charge is -2.50. The van der Waals surface area contributed by atoms with Crippen LogP contribution in [-0.2, 0) is 25.6 Å². The molecule has 13 heteroatoms. The number of halogens is 3. The summed E-state index contributed by atoms with van der Waals surface area (Å²) in [4.78, 5) is 44.5. The van der Waals surface area contributed by atoms with Crippen molar-refractivity contribution < 1.29 is 37.0 Å². The Morgan fingerprint density at radius 2 is 1.69 bits per heavy atom. The molecule has 10 nitrogen and oxygen atoms in total. The summed E-state index contributed by atoms with van der Waals surface area (Å²) >= 11 is 0. The van der Waals surface area contributed by atoms with Crippen molar-refractivity contribution in [2.75, 3.05) is 39.4 Å². The van der Waals surface area contributed by atoms with Crippen molar-refractivity contribution >= 4 is 17.7 Å². The second-order valence-electron chi connectivity index (χ2n) is 15.4. The van der Waals surface area contributed by atoms with E-state index in [-0.39, 0.29) is 36.2 Å². The topological polar surface area (TPSA) is 106 Å². The van der Waals surface area contributed by atoms with Crippen LogP contribution in [0.25, 0.3) is 0 Å². The average molecular weight is 688 g/mol. The molecule has 2 aliphatic carbocycles. The van der Waals surface area contributed by atoms with Crippen molar-refractivity contribution in [3.63, 3.8) is 0 Å². The van der Waals surface area contributed by atoms with Crippen LogP contribution in [-0.4, -0.2) is 95.2 Å². The number of ether oxygens (including phenoxy) is 2. The molecule has 0 radical (unpaired) electrons. The van der Waals surface area contributed by atoms with Crippen molar-refractivity contribution in [2.45, 2.75) is 84.3 Å². The summed E-state index contributed by atoms with van der Waals surface area (Å²) in [5.74, 6) is -1.20. The van der Waals surface area contributed by atoms with Crippen molar-refractivity contribution in [2.24, 2.45) is 28.6 Å². The van der Waals surface area contributed by atoms with Gasteiger partial charge < -0.3 is 19.9 Å². The summed E-state index contributed by atoms with van der Waals surface area (Å²) < 4.78 is 51.5. The summed E-state index contributed by atoms with van der Waals surface area (Å²) in [6.07, 6.45) is 3.76. The first-order valence-corrected chi connectivity index (χ1v) is 17.5. The number of nitrogens with zero attached hydrogens (tertiary/aromatic N) is 4. The molecule has 1 spiro atoms. The summed E-state index contributed by atoms with van der Waals surface area (Å²) in [6.45, 7) is 6.75. The molecular formula is C36H48F3N5O5. The summed E-state index contributed by atoms with van der Waals surface area (Å²) in [6, 6.07) is 8.66. The number of rotatable bonds is 12. The van der Waals surface area contributed by atoms with Gasteiger partial charge in [-0.05, 0) is 43.1 Å². The fourth-order valence-corrected chi connectivity index (χ4v) is 7.82. The zero-order chi connectivity index (χ0) is 35.0. The third kappa shape index (κ3) is 8.30. The number of carbonyl (C=O) groups excluding carboxylic acids is 3. The number of aromatic nitrogens is 2. The minimum atomic E-state index is -4.87. The smallest absolute Gasteiger partial charge is 0.376 e. The fourth-order valence-electron chi connectivity index (χ4n) is 7.82. The monoisotopic (exact) mass is 687 g/mol. The molecule has 49 heavy (non-hydrogen) atoms. The van der Waals surface area contributed by atoms with Gasteiger partial charge in [-0.3, -0.25) is 23.8 Å². The Hall–Kier alpha value is -3.45. The summed E-state index contributed by atoms with van der Waals surface area (Å²) in [5, 5.41) is 7.19. The molecule has 0 unspecified atom stereocenters. The molecule has 0 bridgehead atoms. The highest BCUT2D eigenvalue weighted by Crippen LogP contribution is 2.54. The molecule has 1 aromatic carbocycles. The molecular weight excluding hydrogens is 639 g/mol. The maximum absolute atomic E-state index is 14.1. The third-order valence-corrected chi connectivity index (χ3v) is 11.1. The molecule has 3 heterocycles. The van der Waals surface area contributed by atoms with Crippen LogP contribution >= 0.6 is 0 Å². The second-order valence-corrected chi connectivity index (χ2v) is 15.4. The van der Waals surface area contributed by atoms with Gasteiger partial charge in [-0.15, -0.1) is 13.2 Å². The van der Waals surface area contributed by atoms with Crippen molar-refractivity contribution in [3.05, 3.63) is 53.9 Å². The van der Waals surface area contributed by atoms with Gasteiger partial charge in [0.05, 0.1) is 43.0 Å². The van der Waals surface area contributed by atoms with E-state index in [0.717, 1.165) is 37.7 Å². The van der Waals surface area contributed by atoms with Crippen LogP contribution in [0, 0.1) is 28.6 Å². The molecule has 4 fully saturated rings. The Morgan fingerprint density at radius 3 is 2.35 bits per heavy atom. The zero-order valence-corrected chi connectivity index (χ0v) is 28.6. The quantitative estimate of drug-likeness (QED) is 0.341. The van der Waals surface area contributed by atoms with Gasteiger partial charge >= 0.3 is 6.36 Å². The largest absolute Gasteiger partial charge is 0.522 e. The van der Waals surface area contributed by atoms with Gasteiger partial charge in [0.25, 0.3) is 5.91 Å². The van der Waals surface area contributed by atoms with E-state index in [0.29, 0.717) is 37.7 Å². The molecule has 6 rings (SSSR count). The number of amides is 3. The Balaban J connectivity index is 1.16. The van der Waals surface area contributed by atoms with Crippen LogP contribution in [0.2, 0.25) is 0 Å². The van der Waals surface area contributed by atoms with Gasteiger partial charge in [-0.2, -0.15) is 5.10 Å². The molecule has 2 saturated heterocycles.